The minimum absolute atomic E-state index is 0.0411. The highest BCUT2D eigenvalue weighted by Gasteiger charge is 2.31. The predicted molar refractivity (Wildman–Crippen MR) is 138 cm³/mol. The van der Waals surface area contributed by atoms with Gasteiger partial charge in [-0.05, 0) is 25.3 Å². The van der Waals surface area contributed by atoms with Gasteiger partial charge in [0.1, 0.15) is 5.82 Å². The molecule has 4 aromatic rings. The first-order chi connectivity index (χ1) is 18.5. The van der Waals surface area contributed by atoms with Crippen molar-refractivity contribution in [3.05, 3.63) is 50.8 Å². The quantitative estimate of drug-likeness (QED) is 0.282. The van der Waals surface area contributed by atoms with E-state index in [4.69, 9.17) is 10.5 Å². The molecule has 1 fully saturated rings. The van der Waals surface area contributed by atoms with Gasteiger partial charge in [0, 0.05) is 18.7 Å². The maximum Gasteiger partial charge on any atom is 0.307 e. The molecule has 5 heterocycles. The number of aromatic nitrogens is 7. The molecule has 0 saturated heterocycles. The van der Waals surface area contributed by atoms with E-state index in [-0.39, 0.29) is 52.5 Å². The Kier molecular flexibility index (Phi) is 5.77. The molecule has 14 nitrogen and oxygen atoms in total. The van der Waals surface area contributed by atoms with Gasteiger partial charge in [0.25, 0.3) is 17.0 Å². The molecule has 0 atom stereocenters. The molecular weight excluding hydrogens is 492 g/mol. The lowest BCUT2D eigenvalue weighted by Crippen LogP contribution is -2.26. The van der Waals surface area contributed by atoms with Crippen molar-refractivity contribution in [3.63, 3.8) is 0 Å². The fraction of sp³-hybridized carbons (Fsp3) is 0.375. The van der Waals surface area contributed by atoms with Crippen molar-refractivity contribution in [2.24, 2.45) is 5.73 Å². The van der Waals surface area contributed by atoms with Crippen molar-refractivity contribution >= 4 is 34.3 Å². The van der Waals surface area contributed by atoms with Gasteiger partial charge in [0.2, 0.25) is 0 Å². The van der Waals surface area contributed by atoms with Gasteiger partial charge < -0.3 is 30.7 Å². The van der Waals surface area contributed by atoms with E-state index in [0.29, 0.717) is 30.0 Å². The number of anilines is 3. The van der Waals surface area contributed by atoms with Crippen molar-refractivity contribution in [1.82, 2.24) is 34.5 Å². The summed E-state index contributed by atoms with van der Waals surface area (Å²) in [4.78, 5) is 63.3. The van der Waals surface area contributed by atoms with Crippen molar-refractivity contribution in [1.29, 1.82) is 0 Å². The van der Waals surface area contributed by atoms with E-state index >= 15 is 0 Å². The second kappa shape index (κ2) is 9.28. The molecular formula is C24H26N10O4. The number of fused-ring (bicyclic) bond motifs is 2. The molecule has 196 valence electrons. The summed E-state index contributed by atoms with van der Waals surface area (Å²) >= 11 is 0. The van der Waals surface area contributed by atoms with Crippen LogP contribution in [0.2, 0.25) is 0 Å². The SMILES string of the molecule is CCCn1c(Oc2c(N3CNc4nc[nH]c(=O)c43)ccnc2C(N)=O)nc2nc(C3CCCC3)[nH]c2c1=O. The van der Waals surface area contributed by atoms with Crippen LogP contribution in [-0.2, 0) is 6.54 Å². The first-order valence-electron chi connectivity index (χ1n) is 12.5. The molecule has 1 aliphatic carbocycles. The molecule has 4 aromatic heterocycles. The van der Waals surface area contributed by atoms with Crippen LogP contribution in [0.5, 0.6) is 11.8 Å². The Bertz CT molecular complexity index is 1670. The van der Waals surface area contributed by atoms with Gasteiger partial charge in [-0.3, -0.25) is 19.0 Å². The minimum atomic E-state index is -0.844. The van der Waals surface area contributed by atoms with Gasteiger partial charge in [-0.25, -0.2) is 15.0 Å². The fourth-order valence-electron chi connectivity index (χ4n) is 5.10. The van der Waals surface area contributed by atoms with E-state index in [9.17, 15) is 14.4 Å². The lowest BCUT2D eigenvalue weighted by molar-refractivity contribution is 0.0993. The molecule has 0 bridgehead atoms. The molecule has 6 rings (SSSR count). The molecule has 1 saturated carbocycles. The van der Waals surface area contributed by atoms with Crippen LogP contribution in [0.25, 0.3) is 11.2 Å². The van der Waals surface area contributed by atoms with Gasteiger partial charge in [0.15, 0.2) is 34.1 Å². The number of nitrogens with zero attached hydrogens (tertiary/aromatic N) is 6. The second-order valence-electron chi connectivity index (χ2n) is 9.32. The van der Waals surface area contributed by atoms with E-state index in [0.717, 1.165) is 31.5 Å². The number of nitrogens with two attached hydrogens (primary N) is 1. The minimum Gasteiger partial charge on any atom is -0.421 e. The Morgan fingerprint density at radius 2 is 2.03 bits per heavy atom. The molecule has 1 amide bonds. The maximum atomic E-state index is 13.5. The Morgan fingerprint density at radius 3 is 2.79 bits per heavy atom. The van der Waals surface area contributed by atoms with Gasteiger partial charge in [-0.2, -0.15) is 4.98 Å². The van der Waals surface area contributed by atoms with Gasteiger partial charge in [0.05, 0.1) is 18.7 Å². The van der Waals surface area contributed by atoms with Gasteiger partial charge >= 0.3 is 6.01 Å². The number of carbonyl (C=O) groups is 1. The maximum absolute atomic E-state index is 13.5. The third kappa shape index (κ3) is 3.84. The molecule has 0 spiro atoms. The second-order valence-corrected chi connectivity index (χ2v) is 9.32. The zero-order chi connectivity index (χ0) is 26.4. The number of pyridine rings is 1. The smallest absolute Gasteiger partial charge is 0.307 e. The molecule has 0 radical (unpaired) electrons. The Hall–Kier alpha value is -4.75. The topological polar surface area (TPSA) is 190 Å². The Morgan fingerprint density at radius 1 is 1.21 bits per heavy atom. The van der Waals surface area contributed by atoms with E-state index < -0.39 is 5.91 Å². The van der Waals surface area contributed by atoms with Crippen LogP contribution in [0.4, 0.5) is 17.2 Å². The number of hydrogen-bond donors (Lipinski definition) is 4. The van der Waals surface area contributed by atoms with E-state index in [1.807, 2.05) is 6.92 Å². The number of amides is 1. The highest BCUT2D eigenvalue weighted by atomic mass is 16.5. The normalized spacial score (nSPS) is 15.1. The van der Waals surface area contributed by atoms with Crippen LogP contribution >= 0.6 is 0 Å². The molecule has 14 heteroatoms. The fourth-order valence-corrected chi connectivity index (χ4v) is 5.10. The number of ether oxygens (including phenoxy) is 1. The van der Waals surface area contributed by atoms with E-state index in [2.05, 4.69) is 35.2 Å². The first-order valence-corrected chi connectivity index (χ1v) is 12.5. The zero-order valence-corrected chi connectivity index (χ0v) is 20.7. The monoisotopic (exact) mass is 518 g/mol. The number of rotatable bonds is 7. The molecule has 5 N–H and O–H groups in total. The van der Waals surface area contributed by atoms with Crippen LogP contribution in [-0.4, -0.2) is 47.0 Å². The lowest BCUT2D eigenvalue weighted by Gasteiger charge is -2.22. The first kappa shape index (κ1) is 23.6. The van der Waals surface area contributed by atoms with Gasteiger partial charge in [-0.15, -0.1) is 0 Å². The summed E-state index contributed by atoms with van der Waals surface area (Å²) in [5.74, 6) is 0.487. The zero-order valence-electron chi connectivity index (χ0n) is 20.7. The van der Waals surface area contributed by atoms with E-state index in [1.54, 1.807) is 11.0 Å². The van der Waals surface area contributed by atoms with Crippen molar-refractivity contribution in [3.8, 4) is 11.8 Å². The highest BCUT2D eigenvalue weighted by Crippen LogP contribution is 2.40. The average Bonchev–Trinajstić information content (AvgIpc) is 3.66. The summed E-state index contributed by atoms with van der Waals surface area (Å²) in [6, 6.07) is 1.52. The van der Waals surface area contributed by atoms with Crippen molar-refractivity contribution in [2.75, 3.05) is 16.9 Å². The number of H-pyrrole nitrogens is 2. The van der Waals surface area contributed by atoms with Crippen molar-refractivity contribution in [2.45, 2.75) is 51.5 Å². The summed E-state index contributed by atoms with van der Waals surface area (Å²) in [6.45, 7) is 2.41. The van der Waals surface area contributed by atoms with Crippen LogP contribution in [0.3, 0.4) is 0 Å². The van der Waals surface area contributed by atoms with Crippen LogP contribution in [0, 0.1) is 0 Å². The number of aromatic amines is 2. The van der Waals surface area contributed by atoms with Crippen molar-refractivity contribution < 1.29 is 9.53 Å². The predicted octanol–water partition coefficient (Wildman–Crippen LogP) is 2.08. The van der Waals surface area contributed by atoms with Crippen LogP contribution < -0.4 is 31.8 Å². The summed E-state index contributed by atoms with van der Waals surface area (Å²) in [5, 5.41) is 3.04. The summed E-state index contributed by atoms with van der Waals surface area (Å²) in [6.07, 6.45) is 7.57. The summed E-state index contributed by atoms with van der Waals surface area (Å²) in [7, 11) is 0. The molecule has 0 aromatic carbocycles. The Balaban J connectivity index is 1.50. The molecule has 0 unspecified atom stereocenters. The van der Waals surface area contributed by atoms with Crippen LogP contribution in [0.1, 0.15) is 61.3 Å². The van der Waals surface area contributed by atoms with Crippen LogP contribution in [0.15, 0.2) is 28.2 Å². The largest absolute Gasteiger partial charge is 0.421 e. The number of imidazole rings is 1. The number of carbonyl (C=O) groups excluding carboxylic acids is 1. The number of primary amides is 1. The molecule has 38 heavy (non-hydrogen) atoms. The molecule has 1 aliphatic heterocycles. The van der Waals surface area contributed by atoms with Gasteiger partial charge in [-0.1, -0.05) is 19.8 Å². The summed E-state index contributed by atoms with van der Waals surface area (Å²) in [5.41, 5.74) is 5.86. The standard InChI is InChI=1S/C24H26N10O4/c1-2-9-33-23(37)15-20(31-19(30-15)12-5-3-4-6-12)32-24(33)38-17-13(7-8-26-14(17)18(25)35)34-11-29-21-16(34)22(36)28-10-27-21/h7-8,10,12H,2-6,9,11H2,1H3,(H2,25,35)(H,30,31)(H2,27,28,29,36). The average molecular weight is 519 g/mol. The highest BCUT2D eigenvalue weighted by molar-refractivity contribution is 5.96. The number of nitrogens with one attached hydrogen (secondary N) is 3. The third-order valence-corrected chi connectivity index (χ3v) is 6.89. The summed E-state index contributed by atoms with van der Waals surface area (Å²) < 4.78 is 7.60. The molecule has 2 aliphatic rings. The Labute approximate surface area is 215 Å². The number of hydrogen-bond acceptors (Lipinski definition) is 10. The third-order valence-electron chi connectivity index (χ3n) is 6.89. The van der Waals surface area contributed by atoms with E-state index in [1.165, 1.54) is 17.1 Å². The lowest BCUT2D eigenvalue weighted by atomic mass is 10.1.